The van der Waals surface area contributed by atoms with Crippen molar-refractivity contribution >= 4 is 11.3 Å². The van der Waals surface area contributed by atoms with Crippen molar-refractivity contribution in [1.82, 2.24) is 10.3 Å². The van der Waals surface area contributed by atoms with Crippen molar-refractivity contribution in [2.24, 2.45) is 11.3 Å². The van der Waals surface area contributed by atoms with Gasteiger partial charge in [0.1, 0.15) is 0 Å². The normalized spacial score (nSPS) is 15.3. The molecule has 1 rings (SSSR count). The summed E-state index contributed by atoms with van der Waals surface area (Å²) in [7, 11) is 0. The zero-order valence-corrected chi connectivity index (χ0v) is 15.2. The third-order valence-electron chi connectivity index (χ3n) is 4.29. The highest BCUT2D eigenvalue weighted by molar-refractivity contribution is 7.11. The molecule has 0 aliphatic rings. The van der Waals surface area contributed by atoms with Gasteiger partial charge in [-0.2, -0.15) is 0 Å². The summed E-state index contributed by atoms with van der Waals surface area (Å²) in [5, 5.41) is 5.00. The van der Waals surface area contributed by atoms with Crippen LogP contribution in [0.25, 0.3) is 0 Å². The monoisotopic (exact) mass is 296 g/mol. The van der Waals surface area contributed by atoms with Crippen LogP contribution in [0.15, 0.2) is 0 Å². The second kappa shape index (κ2) is 7.56. The summed E-state index contributed by atoms with van der Waals surface area (Å²) in [6, 6.07) is 0.550. The molecule has 0 aliphatic heterocycles. The van der Waals surface area contributed by atoms with Crippen molar-refractivity contribution in [3.8, 4) is 0 Å². The van der Waals surface area contributed by atoms with Crippen LogP contribution < -0.4 is 5.32 Å². The Morgan fingerprint density at radius 2 is 1.90 bits per heavy atom. The Balaban J connectivity index is 2.68. The average molecular weight is 297 g/mol. The first kappa shape index (κ1) is 17.6. The summed E-state index contributed by atoms with van der Waals surface area (Å²) >= 11 is 1.86. The minimum Gasteiger partial charge on any atom is -0.314 e. The van der Waals surface area contributed by atoms with E-state index < -0.39 is 0 Å². The smallest absolute Gasteiger partial charge is 0.0946 e. The summed E-state index contributed by atoms with van der Waals surface area (Å²) in [5.41, 5.74) is 1.57. The zero-order chi connectivity index (χ0) is 15.3. The van der Waals surface area contributed by atoms with Gasteiger partial charge >= 0.3 is 0 Å². The summed E-state index contributed by atoms with van der Waals surface area (Å²) in [6.07, 6.45) is 3.48. The molecule has 0 fully saturated rings. The van der Waals surface area contributed by atoms with E-state index in [4.69, 9.17) is 4.98 Å². The number of nitrogens with zero attached hydrogens (tertiary/aromatic N) is 1. The highest BCUT2D eigenvalue weighted by Crippen LogP contribution is 2.30. The number of hydrogen-bond donors (Lipinski definition) is 1. The largest absolute Gasteiger partial charge is 0.314 e. The molecule has 0 saturated carbocycles. The van der Waals surface area contributed by atoms with Crippen molar-refractivity contribution in [1.29, 1.82) is 0 Å². The highest BCUT2D eigenvalue weighted by atomic mass is 32.1. The van der Waals surface area contributed by atoms with Gasteiger partial charge in [-0.3, -0.25) is 0 Å². The van der Waals surface area contributed by atoms with Crippen LogP contribution in [-0.4, -0.2) is 17.6 Å². The van der Waals surface area contributed by atoms with Crippen molar-refractivity contribution in [2.45, 2.75) is 73.8 Å². The quantitative estimate of drug-likeness (QED) is 0.786. The molecule has 1 aromatic rings. The van der Waals surface area contributed by atoms with E-state index in [1.807, 2.05) is 11.3 Å². The van der Waals surface area contributed by atoms with Gasteiger partial charge in [-0.1, -0.05) is 34.6 Å². The molecule has 20 heavy (non-hydrogen) atoms. The molecule has 0 aromatic carbocycles. The number of rotatable bonds is 7. The standard InChI is InChI=1S/C17H32N2S/c1-8-9-18-15(10-12(2)17(5,6)7)11-16-19-13(3)14(4)20-16/h12,15,18H,8-11H2,1-7H3. The molecule has 2 atom stereocenters. The molecule has 3 heteroatoms. The first-order valence-electron chi connectivity index (χ1n) is 7.90. The predicted octanol–water partition coefficient (Wildman–Crippen LogP) is 4.74. The molecule has 0 amide bonds. The fraction of sp³-hybridized carbons (Fsp3) is 0.824. The number of aromatic nitrogens is 1. The molecular formula is C17H32N2S. The van der Waals surface area contributed by atoms with Gasteiger partial charge in [-0.05, 0) is 44.6 Å². The van der Waals surface area contributed by atoms with Crippen LogP contribution >= 0.6 is 11.3 Å². The molecular weight excluding hydrogens is 264 g/mol. The molecule has 0 radical (unpaired) electrons. The number of nitrogens with one attached hydrogen (secondary N) is 1. The Hall–Kier alpha value is -0.410. The molecule has 2 unspecified atom stereocenters. The van der Waals surface area contributed by atoms with Crippen molar-refractivity contribution in [2.75, 3.05) is 6.54 Å². The van der Waals surface area contributed by atoms with Gasteiger partial charge in [0.05, 0.1) is 10.7 Å². The van der Waals surface area contributed by atoms with Crippen LogP contribution in [0.5, 0.6) is 0 Å². The van der Waals surface area contributed by atoms with Crippen molar-refractivity contribution in [3.63, 3.8) is 0 Å². The van der Waals surface area contributed by atoms with E-state index in [1.165, 1.54) is 28.4 Å². The third kappa shape index (κ3) is 5.53. The average Bonchev–Trinajstić information content (AvgIpc) is 2.64. The van der Waals surface area contributed by atoms with Gasteiger partial charge in [0.15, 0.2) is 0 Å². The first-order chi connectivity index (χ1) is 9.24. The van der Waals surface area contributed by atoms with Gasteiger partial charge in [0.25, 0.3) is 0 Å². The lowest BCUT2D eigenvalue weighted by Gasteiger charge is -2.31. The van der Waals surface area contributed by atoms with Gasteiger partial charge in [-0.15, -0.1) is 11.3 Å². The van der Waals surface area contributed by atoms with Crippen LogP contribution in [0.2, 0.25) is 0 Å². The van der Waals surface area contributed by atoms with Gasteiger partial charge in [0, 0.05) is 17.3 Å². The second-order valence-corrected chi connectivity index (χ2v) is 8.39. The molecule has 2 nitrogen and oxygen atoms in total. The molecule has 116 valence electrons. The minimum atomic E-state index is 0.376. The Bertz CT molecular complexity index is 384. The van der Waals surface area contributed by atoms with Crippen molar-refractivity contribution in [3.05, 3.63) is 15.6 Å². The van der Waals surface area contributed by atoms with E-state index in [0.29, 0.717) is 17.4 Å². The van der Waals surface area contributed by atoms with Crippen LogP contribution in [0, 0.1) is 25.2 Å². The van der Waals surface area contributed by atoms with Gasteiger partial charge in [-0.25, -0.2) is 4.98 Å². The Morgan fingerprint density at radius 1 is 1.25 bits per heavy atom. The maximum absolute atomic E-state index is 4.71. The van der Waals surface area contributed by atoms with Crippen LogP contribution in [0.1, 0.15) is 63.0 Å². The minimum absolute atomic E-state index is 0.376. The molecule has 0 spiro atoms. The number of hydrogen-bond acceptors (Lipinski definition) is 3. The fourth-order valence-corrected chi connectivity index (χ4v) is 3.22. The van der Waals surface area contributed by atoms with Crippen LogP contribution in [-0.2, 0) is 6.42 Å². The molecule has 1 heterocycles. The van der Waals surface area contributed by atoms with Gasteiger partial charge in [0.2, 0.25) is 0 Å². The summed E-state index contributed by atoms with van der Waals surface area (Å²) in [6.45, 7) is 17.0. The third-order valence-corrected chi connectivity index (χ3v) is 5.39. The predicted molar refractivity (Wildman–Crippen MR) is 90.6 cm³/mol. The Kier molecular flexibility index (Phi) is 6.67. The number of thiazole rings is 1. The SMILES string of the molecule is CCCNC(Cc1nc(C)c(C)s1)CC(C)C(C)(C)C. The first-order valence-corrected chi connectivity index (χ1v) is 8.72. The van der Waals surface area contributed by atoms with E-state index in [9.17, 15) is 0 Å². The molecule has 0 saturated heterocycles. The van der Waals surface area contributed by atoms with E-state index in [1.54, 1.807) is 0 Å². The van der Waals surface area contributed by atoms with E-state index in [-0.39, 0.29) is 0 Å². The fourth-order valence-electron chi connectivity index (χ4n) is 2.20. The Labute approximate surface area is 129 Å². The number of aryl methyl sites for hydroxylation is 2. The maximum Gasteiger partial charge on any atom is 0.0946 e. The van der Waals surface area contributed by atoms with Crippen LogP contribution in [0.3, 0.4) is 0 Å². The lowest BCUT2D eigenvalue weighted by Crippen LogP contribution is -2.35. The maximum atomic E-state index is 4.71. The van der Waals surface area contributed by atoms with Crippen LogP contribution in [0.4, 0.5) is 0 Å². The highest BCUT2D eigenvalue weighted by Gasteiger charge is 2.24. The lowest BCUT2D eigenvalue weighted by atomic mass is 9.78. The van der Waals surface area contributed by atoms with Gasteiger partial charge < -0.3 is 5.32 Å². The second-order valence-electron chi connectivity index (χ2n) is 7.11. The molecule has 0 bridgehead atoms. The van der Waals surface area contributed by atoms with E-state index in [0.717, 1.165) is 13.0 Å². The zero-order valence-electron chi connectivity index (χ0n) is 14.3. The Morgan fingerprint density at radius 3 is 2.35 bits per heavy atom. The molecule has 1 aromatic heterocycles. The summed E-state index contributed by atoms with van der Waals surface area (Å²) in [4.78, 5) is 6.07. The topological polar surface area (TPSA) is 24.9 Å². The summed E-state index contributed by atoms with van der Waals surface area (Å²) in [5.74, 6) is 0.707. The van der Waals surface area contributed by atoms with Crippen molar-refractivity contribution < 1.29 is 0 Å². The lowest BCUT2D eigenvalue weighted by molar-refractivity contribution is 0.222. The van der Waals surface area contributed by atoms with E-state index in [2.05, 4.69) is 53.8 Å². The molecule has 1 N–H and O–H groups in total. The van der Waals surface area contributed by atoms with E-state index >= 15 is 0 Å². The molecule has 0 aliphatic carbocycles. The summed E-state index contributed by atoms with van der Waals surface area (Å²) < 4.78 is 0.